The Morgan fingerprint density at radius 2 is 1.85 bits per heavy atom. The van der Waals surface area contributed by atoms with Crippen LogP contribution in [0.25, 0.3) is 33.5 Å². The molecule has 0 fully saturated rings. The third kappa shape index (κ3) is 2.79. The van der Waals surface area contributed by atoms with Gasteiger partial charge in [-0.15, -0.1) is 0 Å². The third-order valence-electron chi connectivity index (χ3n) is 5.09. The van der Waals surface area contributed by atoms with Crippen molar-refractivity contribution in [2.24, 2.45) is 5.73 Å². The van der Waals surface area contributed by atoms with E-state index in [1.165, 1.54) is 16.5 Å². The van der Waals surface area contributed by atoms with Crippen molar-refractivity contribution >= 4 is 27.8 Å². The van der Waals surface area contributed by atoms with Gasteiger partial charge in [-0.25, -0.2) is 4.98 Å². The second-order valence-electron chi connectivity index (χ2n) is 6.99. The second kappa shape index (κ2) is 6.58. The van der Waals surface area contributed by atoms with E-state index >= 15 is 0 Å². The highest BCUT2D eigenvalue weighted by atomic mass is 16.1. The molecule has 4 rings (SSSR count). The number of nitrogens with zero attached hydrogens (tertiary/aromatic N) is 3. The zero-order valence-corrected chi connectivity index (χ0v) is 16.0. The number of hydrogen-bond acceptors (Lipinski definition) is 2. The van der Waals surface area contributed by atoms with E-state index in [2.05, 4.69) is 54.2 Å². The van der Waals surface area contributed by atoms with Gasteiger partial charge in [0.05, 0.1) is 16.7 Å². The summed E-state index contributed by atoms with van der Waals surface area (Å²) in [4.78, 5) is 16.5. The fourth-order valence-electron chi connectivity index (χ4n) is 3.82. The minimum Gasteiger partial charge on any atom is -0.366 e. The van der Waals surface area contributed by atoms with Crippen LogP contribution in [0.15, 0.2) is 42.5 Å². The van der Waals surface area contributed by atoms with Crippen LogP contribution in [0.1, 0.15) is 36.2 Å². The maximum atomic E-state index is 11.6. The maximum Gasteiger partial charge on any atom is 0.248 e. The Balaban J connectivity index is 2.01. The Morgan fingerprint density at radius 1 is 1.04 bits per heavy atom. The van der Waals surface area contributed by atoms with Crippen LogP contribution >= 0.6 is 0 Å². The van der Waals surface area contributed by atoms with Gasteiger partial charge in [-0.3, -0.25) is 4.79 Å². The molecule has 0 radical (unpaired) electrons. The van der Waals surface area contributed by atoms with Crippen molar-refractivity contribution in [3.05, 3.63) is 53.6 Å². The number of rotatable bonds is 5. The molecule has 2 aromatic carbocycles. The molecule has 0 bridgehead atoms. The fourth-order valence-corrected chi connectivity index (χ4v) is 3.82. The zero-order valence-electron chi connectivity index (χ0n) is 16.0. The van der Waals surface area contributed by atoms with Crippen LogP contribution in [-0.2, 0) is 13.1 Å². The van der Waals surface area contributed by atoms with E-state index in [-0.39, 0.29) is 0 Å². The molecule has 2 aromatic heterocycles. The Labute approximate surface area is 158 Å². The average Bonchev–Trinajstić information content (AvgIpc) is 3.19. The lowest BCUT2D eigenvalue weighted by molar-refractivity contribution is 0.100. The van der Waals surface area contributed by atoms with E-state index in [4.69, 9.17) is 10.7 Å². The summed E-state index contributed by atoms with van der Waals surface area (Å²) < 4.78 is 4.55. The normalized spacial score (nSPS) is 11.5. The van der Waals surface area contributed by atoms with Crippen molar-refractivity contribution in [3.63, 3.8) is 0 Å². The molecule has 5 heteroatoms. The number of fused-ring (bicyclic) bond motifs is 2. The molecule has 0 aliphatic heterocycles. The van der Waals surface area contributed by atoms with Crippen molar-refractivity contribution in [1.29, 1.82) is 0 Å². The Hall–Kier alpha value is -3.08. The molecule has 0 saturated heterocycles. The lowest BCUT2D eigenvalue weighted by atomic mass is 10.2. The Kier molecular flexibility index (Phi) is 4.22. The molecule has 0 atom stereocenters. The number of aromatic nitrogens is 3. The fraction of sp³-hybridized carbons (Fsp3) is 0.273. The summed E-state index contributed by atoms with van der Waals surface area (Å²) in [6.45, 7) is 8.16. The number of carbonyl (C=O) groups is 1. The van der Waals surface area contributed by atoms with E-state index in [9.17, 15) is 4.79 Å². The predicted octanol–water partition coefficient (Wildman–Crippen LogP) is 4.50. The largest absolute Gasteiger partial charge is 0.366 e. The molecule has 0 aliphatic carbocycles. The predicted molar refractivity (Wildman–Crippen MR) is 110 cm³/mol. The van der Waals surface area contributed by atoms with Gasteiger partial charge >= 0.3 is 0 Å². The minimum absolute atomic E-state index is 0.429. The monoisotopic (exact) mass is 360 g/mol. The molecular weight excluding hydrogens is 336 g/mol. The molecule has 2 N–H and O–H groups in total. The van der Waals surface area contributed by atoms with Gasteiger partial charge in [-0.05, 0) is 56.2 Å². The number of nitrogens with two attached hydrogens (primary N) is 1. The lowest BCUT2D eigenvalue weighted by Crippen LogP contribution is -2.10. The van der Waals surface area contributed by atoms with Gasteiger partial charge in [0.15, 0.2) is 5.82 Å². The van der Waals surface area contributed by atoms with Gasteiger partial charge in [-0.2, -0.15) is 0 Å². The number of primary amides is 1. The number of imidazole rings is 1. The lowest BCUT2D eigenvalue weighted by Gasteiger charge is -2.11. The first-order valence-corrected chi connectivity index (χ1v) is 9.43. The smallest absolute Gasteiger partial charge is 0.248 e. The Morgan fingerprint density at radius 3 is 2.56 bits per heavy atom. The molecule has 5 nitrogen and oxygen atoms in total. The zero-order chi connectivity index (χ0) is 19.1. The number of carbonyl (C=O) groups excluding carboxylic acids is 1. The van der Waals surface area contributed by atoms with Crippen molar-refractivity contribution in [2.45, 2.75) is 40.3 Å². The van der Waals surface area contributed by atoms with Gasteiger partial charge in [0.2, 0.25) is 5.91 Å². The summed E-state index contributed by atoms with van der Waals surface area (Å²) in [5.74, 6) is 0.505. The van der Waals surface area contributed by atoms with Gasteiger partial charge in [0.25, 0.3) is 0 Å². The Bertz CT molecular complexity index is 1170. The van der Waals surface area contributed by atoms with E-state index in [0.29, 0.717) is 5.56 Å². The summed E-state index contributed by atoms with van der Waals surface area (Å²) in [5.41, 5.74) is 11.3. The molecule has 0 saturated carbocycles. The SMILES string of the molecule is CCCn1c(-c2cc3ccc(C)cc3n2CC)nc2cc(C(N)=O)ccc21. The molecule has 0 unspecified atom stereocenters. The van der Waals surface area contributed by atoms with Gasteiger partial charge < -0.3 is 14.9 Å². The van der Waals surface area contributed by atoms with Gasteiger partial charge in [-0.1, -0.05) is 19.1 Å². The molecule has 4 aromatic rings. The van der Waals surface area contributed by atoms with Crippen LogP contribution in [0.5, 0.6) is 0 Å². The summed E-state index contributed by atoms with van der Waals surface area (Å²) in [6.07, 6.45) is 1.00. The summed E-state index contributed by atoms with van der Waals surface area (Å²) in [6, 6.07) is 14.3. The molecule has 2 heterocycles. The van der Waals surface area contributed by atoms with Gasteiger partial charge in [0.1, 0.15) is 0 Å². The standard InChI is InChI=1S/C22H24N4O/c1-4-10-26-18-9-8-16(21(23)27)12-17(18)24-22(26)20-13-15-7-6-14(3)11-19(15)25(20)5-2/h6-9,11-13H,4-5,10H2,1-3H3,(H2,23,27). The highest BCUT2D eigenvalue weighted by Crippen LogP contribution is 2.31. The molecule has 1 amide bonds. The number of aryl methyl sites for hydroxylation is 3. The summed E-state index contributed by atoms with van der Waals surface area (Å²) >= 11 is 0. The van der Waals surface area contributed by atoms with Crippen LogP contribution in [0.4, 0.5) is 0 Å². The summed E-state index contributed by atoms with van der Waals surface area (Å²) in [5, 5.41) is 1.21. The first kappa shape index (κ1) is 17.3. The number of hydrogen-bond donors (Lipinski definition) is 1. The highest BCUT2D eigenvalue weighted by Gasteiger charge is 2.18. The molecule has 27 heavy (non-hydrogen) atoms. The maximum absolute atomic E-state index is 11.6. The van der Waals surface area contributed by atoms with Crippen LogP contribution in [0, 0.1) is 6.92 Å². The minimum atomic E-state index is -0.429. The van der Waals surface area contributed by atoms with Crippen LogP contribution in [0.2, 0.25) is 0 Å². The quantitative estimate of drug-likeness (QED) is 0.570. The van der Waals surface area contributed by atoms with Gasteiger partial charge in [0, 0.05) is 29.6 Å². The third-order valence-corrected chi connectivity index (χ3v) is 5.09. The van der Waals surface area contributed by atoms with Crippen LogP contribution < -0.4 is 5.73 Å². The van der Waals surface area contributed by atoms with Crippen molar-refractivity contribution in [2.75, 3.05) is 0 Å². The average molecular weight is 360 g/mol. The molecule has 0 spiro atoms. The molecule has 0 aliphatic rings. The van der Waals surface area contributed by atoms with E-state index in [1.54, 1.807) is 12.1 Å². The molecule has 138 valence electrons. The molecular formula is C22H24N4O. The van der Waals surface area contributed by atoms with Crippen molar-refractivity contribution < 1.29 is 4.79 Å². The second-order valence-corrected chi connectivity index (χ2v) is 6.99. The number of amides is 1. The first-order valence-electron chi connectivity index (χ1n) is 9.43. The van der Waals surface area contributed by atoms with E-state index in [0.717, 1.165) is 42.1 Å². The van der Waals surface area contributed by atoms with Crippen molar-refractivity contribution in [1.82, 2.24) is 14.1 Å². The first-order chi connectivity index (χ1) is 13.0. The van der Waals surface area contributed by atoms with Crippen molar-refractivity contribution in [3.8, 4) is 11.5 Å². The number of benzene rings is 2. The highest BCUT2D eigenvalue weighted by molar-refractivity contribution is 5.97. The van der Waals surface area contributed by atoms with E-state index < -0.39 is 5.91 Å². The topological polar surface area (TPSA) is 65.8 Å². The van der Waals surface area contributed by atoms with Crippen LogP contribution in [0.3, 0.4) is 0 Å². The van der Waals surface area contributed by atoms with Crippen LogP contribution in [-0.4, -0.2) is 20.0 Å². The van der Waals surface area contributed by atoms with E-state index in [1.807, 2.05) is 6.07 Å². The summed E-state index contributed by atoms with van der Waals surface area (Å²) in [7, 11) is 0.